The Labute approximate surface area is 193 Å². The first kappa shape index (κ1) is 22.0. The molecule has 1 aliphatic rings. The van der Waals surface area contributed by atoms with Gasteiger partial charge in [0.05, 0.1) is 12.8 Å². The molecule has 2 heterocycles. The minimum absolute atomic E-state index is 0.0461. The average molecular weight is 465 g/mol. The number of nitrogens with zero attached hydrogens (tertiary/aromatic N) is 2. The Kier molecular flexibility index (Phi) is 5.51. The molecule has 0 spiro atoms. The summed E-state index contributed by atoms with van der Waals surface area (Å²) in [6, 6.07) is 19.7. The predicted octanol–water partition coefficient (Wildman–Crippen LogP) is 5.91. The van der Waals surface area contributed by atoms with E-state index < -0.39 is 12.7 Å². The van der Waals surface area contributed by atoms with E-state index in [1.807, 2.05) is 24.3 Å². The molecular weight excluding hydrogens is 443 g/mol. The molecule has 174 valence electrons. The van der Waals surface area contributed by atoms with Gasteiger partial charge in [-0.3, -0.25) is 9.36 Å². The predicted molar refractivity (Wildman–Crippen MR) is 126 cm³/mol. The molecule has 0 amide bonds. The van der Waals surface area contributed by atoms with Gasteiger partial charge < -0.3 is 10.1 Å². The second-order valence-electron chi connectivity index (χ2n) is 8.37. The summed E-state index contributed by atoms with van der Waals surface area (Å²) in [6.07, 6.45) is -2.07. The molecule has 0 radical (unpaired) electrons. The number of nitrogens with one attached hydrogen (secondary N) is 1. The number of fused-ring (bicyclic) bond motifs is 1. The van der Waals surface area contributed by atoms with E-state index in [1.165, 1.54) is 16.2 Å². The first-order valence-corrected chi connectivity index (χ1v) is 10.9. The van der Waals surface area contributed by atoms with Gasteiger partial charge in [-0.05, 0) is 72.4 Å². The van der Waals surface area contributed by atoms with Crippen molar-refractivity contribution in [1.29, 1.82) is 0 Å². The first-order chi connectivity index (χ1) is 16.3. The Morgan fingerprint density at radius 2 is 1.74 bits per heavy atom. The molecule has 4 aromatic rings. The van der Waals surface area contributed by atoms with E-state index in [0.717, 1.165) is 12.8 Å². The van der Waals surface area contributed by atoms with Gasteiger partial charge in [-0.25, -0.2) is 4.98 Å². The van der Waals surface area contributed by atoms with Crippen molar-refractivity contribution in [1.82, 2.24) is 9.55 Å². The molecule has 0 bridgehead atoms. The van der Waals surface area contributed by atoms with Gasteiger partial charge in [-0.1, -0.05) is 24.3 Å². The lowest BCUT2D eigenvalue weighted by molar-refractivity contribution is -0.115. The van der Waals surface area contributed by atoms with Crippen LogP contribution in [0.2, 0.25) is 0 Å². The maximum atomic E-state index is 13.7. The van der Waals surface area contributed by atoms with Crippen LogP contribution in [0.1, 0.15) is 24.3 Å². The van der Waals surface area contributed by atoms with Crippen molar-refractivity contribution < 1.29 is 17.9 Å². The molecule has 2 aromatic heterocycles. The summed E-state index contributed by atoms with van der Waals surface area (Å²) in [4.78, 5) is 18.1. The molecule has 5 nitrogen and oxygen atoms in total. The van der Waals surface area contributed by atoms with E-state index in [4.69, 9.17) is 4.74 Å². The third-order valence-electron chi connectivity index (χ3n) is 5.92. The lowest BCUT2D eigenvalue weighted by Gasteiger charge is -2.15. The summed E-state index contributed by atoms with van der Waals surface area (Å²) >= 11 is 0. The van der Waals surface area contributed by atoms with Crippen molar-refractivity contribution >= 4 is 16.9 Å². The molecule has 8 heteroatoms. The lowest BCUT2D eigenvalue weighted by atomic mass is 10.0. The number of pyridine rings is 2. The van der Waals surface area contributed by atoms with E-state index in [9.17, 15) is 18.0 Å². The average Bonchev–Trinajstić information content (AvgIpc) is 3.68. The van der Waals surface area contributed by atoms with Crippen LogP contribution >= 0.6 is 0 Å². The number of halogens is 3. The number of hydrogen-bond acceptors (Lipinski definition) is 4. The van der Waals surface area contributed by atoms with E-state index in [1.54, 1.807) is 43.5 Å². The van der Waals surface area contributed by atoms with E-state index in [0.29, 0.717) is 33.9 Å². The van der Waals surface area contributed by atoms with Crippen LogP contribution in [0.5, 0.6) is 5.75 Å². The fourth-order valence-electron chi connectivity index (χ4n) is 4.00. The number of anilines is 1. The second kappa shape index (κ2) is 8.52. The monoisotopic (exact) mass is 465 g/mol. The molecule has 2 aromatic carbocycles. The zero-order chi connectivity index (χ0) is 23.9. The molecule has 0 saturated heterocycles. The van der Waals surface area contributed by atoms with Gasteiger partial charge in [0.15, 0.2) is 0 Å². The fourth-order valence-corrected chi connectivity index (χ4v) is 4.00. The molecule has 1 aliphatic carbocycles. The van der Waals surface area contributed by atoms with Crippen molar-refractivity contribution in [3.63, 3.8) is 0 Å². The number of ether oxygens (including phenoxy) is 1. The minimum atomic E-state index is -4.38. The molecule has 1 saturated carbocycles. The SMILES string of the molecule is COc1ccc(-c2cc3ccc(NCC(F)(F)F)nc3n(-c3ccc(C4CC4)cc3)c2=O)cc1. The van der Waals surface area contributed by atoms with Crippen LogP contribution in [0, 0.1) is 0 Å². The minimum Gasteiger partial charge on any atom is -0.497 e. The van der Waals surface area contributed by atoms with Crippen molar-refractivity contribution in [3.05, 3.63) is 82.6 Å². The number of hydrogen-bond donors (Lipinski definition) is 1. The Hall–Kier alpha value is -3.81. The largest absolute Gasteiger partial charge is 0.497 e. The molecule has 0 atom stereocenters. The van der Waals surface area contributed by atoms with E-state index >= 15 is 0 Å². The smallest absolute Gasteiger partial charge is 0.405 e. The van der Waals surface area contributed by atoms with Crippen LogP contribution in [0.25, 0.3) is 27.8 Å². The Bertz CT molecular complexity index is 1390. The van der Waals surface area contributed by atoms with Gasteiger partial charge in [-0.15, -0.1) is 0 Å². The maximum absolute atomic E-state index is 13.7. The van der Waals surface area contributed by atoms with Crippen LogP contribution in [0.4, 0.5) is 19.0 Å². The third kappa shape index (κ3) is 4.48. The first-order valence-electron chi connectivity index (χ1n) is 10.9. The number of aromatic nitrogens is 2. The summed E-state index contributed by atoms with van der Waals surface area (Å²) in [5, 5.41) is 2.93. The van der Waals surface area contributed by atoms with Gasteiger partial charge in [0.25, 0.3) is 5.56 Å². The highest BCUT2D eigenvalue weighted by molar-refractivity contribution is 5.84. The molecule has 5 rings (SSSR count). The third-order valence-corrected chi connectivity index (χ3v) is 5.92. The number of benzene rings is 2. The maximum Gasteiger partial charge on any atom is 0.405 e. The van der Waals surface area contributed by atoms with E-state index in [-0.39, 0.29) is 17.0 Å². The van der Waals surface area contributed by atoms with Gasteiger partial charge in [0.2, 0.25) is 0 Å². The zero-order valence-electron chi connectivity index (χ0n) is 18.4. The lowest BCUT2D eigenvalue weighted by Crippen LogP contribution is -2.23. The number of alkyl halides is 3. The Morgan fingerprint density at radius 1 is 1.03 bits per heavy atom. The molecule has 1 fully saturated rings. The van der Waals surface area contributed by atoms with Crippen LogP contribution in [0.15, 0.2) is 71.5 Å². The highest BCUT2D eigenvalue weighted by atomic mass is 19.4. The number of methoxy groups -OCH3 is 1. The summed E-state index contributed by atoms with van der Waals surface area (Å²) in [7, 11) is 1.57. The zero-order valence-corrected chi connectivity index (χ0v) is 18.4. The normalized spacial score (nSPS) is 13.8. The highest BCUT2D eigenvalue weighted by Gasteiger charge is 2.27. The van der Waals surface area contributed by atoms with Gasteiger partial charge >= 0.3 is 6.18 Å². The van der Waals surface area contributed by atoms with Crippen LogP contribution in [-0.4, -0.2) is 29.4 Å². The highest BCUT2D eigenvalue weighted by Crippen LogP contribution is 2.40. The topological polar surface area (TPSA) is 56.1 Å². The van der Waals surface area contributed by atoms with Gasteiger partial charge in [0, 0.05) is 10.9 Å². The van der Waals surface area contributed by atoms with E-state index in [2.05, 4.69) is 10.3 Å². The molecular formula is C26H22F3N3O2. The van der Waals surface area contributed by atoms with Crippen molar-refractivity contribution in [2.24, 2.45) is 0 Å². The van der Waals surface area contributed by atoms with Crippen molar-refractivity contribution in [2.75, 3.05) is 19.0 Å². The van der Waals surface area contributed by atoms with Crippen molar-refractivity contribution in [3.8, 4) is 22.6 Å². The Morgan fingerprint density at radius 3 is 2.35 bits per heavy atom. The summed E-state index contributed by atoms with van der Waals surface area (Å²) < 4.78 is 44.8. The van der Waals surface area contributed by atoms with Crippen LogP contribution in [-0.2, 0) is 0 Å². The quantitative estimate of drug-likeness (QED) is 0.385. The molecule has 34 heavy (non-hydrogen) atoms. The second-order valence-corrected chi connectivity index (χ2v) is 8.37. The van der Waals surface area contributed by atoms with Crippen LogP contribution in [0.3, 0.4) is 0 Å². The van der Waals surface area contributed by atoms with Gasteiger partial charge in [-0.2, -0.15) is 13.2 Å². The van der Waals surface area contributed by atoms with Crippen molar-refractivity contribution in [2.45, 2.75) is 24.9 Å². The molecule has 1 N–H and O–H groups in total. The molecule has 0 unspecified atom stereocenters. The summed E-state index contributed by atoms with van der Waals surface area (Å²) in [5.74, 6) is 1.27. The number of rotatable bonds is 6. The standard InChI is InChI=1S/C26H22F3N3O2/c1-34-21-11-6-18(7-12-21)22-14-19-8-13-23(30-15-26(27,28)29)31-24(19)32(25(22)33)20-9-4-17(5-10-20)16-2-3-16/h4-14,16H,2-3,15H2,1H3,(H,30,31). The molecule has 0 aliphatic heterocycles. The van der Waals surface area contributed by atoms with Crippen LogP contribution < -0.4 is 15.6 Å². The van der Waals surface area contributed by atoms with Gasteiger partial charge in [0.1, 0.15) is 23.8 Å². The summed E-state index contributed by atoms with van der Waals surface area (Å²) in [6.45, 7) is -1.21. The fraction of sp³-hybridized carbons (Fsp3) is 0.231. The summed E-state index contributed by atoms with van der Waals surface area (Å²) in [5.41, 5.74) is 2.96. The Balaban J connectivity index is 1.67.